The molecule has 21 heavy (non-hydrogen) atoms. The van der Waals surface area contributed by atoms with Crippen LogP contribution in [0.15, 0.2) is 52.8 Å². The number of nitrogens with one attached hydrogen (secondary N) is 1. The summed E-state index contributed by atoms with van der Waals surface area (Å²) in [4.78, 5) is 5.36. The number of thiophene rings is 1. The van der Waals surface area contributed by atoms with E-state index >= 15 is 0 Å². The SMILES string of the molecule is CC(Nc1cccc(Cl)c1-n1ccnc1)c1ccc(Br)s1. The van der Waals surface area contributed by atoms with Crippen LogP contribution in [0.5, 0.6) is 0 Å². The Kier molecular flexibility index (Phi) is 4.33. The van der Waals surface area contributed by atoms with Crippen molar-refractivity contribution in [2.75, 3.05) is 5.32 Å². The third-order valence-electron chi connectivity index (χ3n) is 3.14. The highest BCUT2D eigenvalue weighted by molar-refractivity contribution is 9.11. The molecule has 3 nitrogen and oxygen atoms in total. The van der Waals surface area contributed by atoms with Crippen molar-refractivity contribution >= 4 is 44.6 Å². The van der Waals surface area contributed by atoms with Crippen LogP contribution >= 0.6 is 38.9 Å². The molecule has 0 bridgehead atoms. The molecule has 1 aromatic carbocycles. The van der Waals surface area contributed by atoms with Gasteiger partial charge in [-0.3, -0.25) is 0 Å². The zero-order chi connectivity index (χ0) is 14.8. The van der Waals surface area contributed by atoms with Crippen molar-refractivity contribution in [3.8, 4) is 5.69 Å². The van der Waals surface area contributed by atoms with E-state index in [1.165, 1.54) is 4.88 Å². The van der Waals surface area contributed by atoms with E-state index in [2.05, 4.69) is 45.3 Å². The molecule has 1 N–H and O–H groups in total. The summed E-state index contributed by atoms with van der Waals surface area (Å²) >= 11 is 11.6. The zero-order valence-electron chi connectivity index (χ0n) is 11.3. The molecule has 2 heterocycles. The van der Waals surface area contributed by atoms with Crippen molar-refractivity contribution in [1.29, 1.82) is 0 Å². The summed E-state index contributed by atoms with van der Waals surface area (Å²) in [7, 11) is 0. The number of hydrogen-bond acceptors (Lipinski definition) is 3. The smallest absolute Gasteiger partial charge is 0.0992 e. The minimum atomic E-state index is 0.196. The molecular formula is C15H13BrClN3S. The minimum Gasteiger partial charge on any atom is -0.376 e. The number of nitrogens with zero attached hydrogens (tertiary/aromatic N) is 2. The average molecular weight is 383 g/mol. The van der Waals surface area contributed by atoms with E-state index in [1.807, 2.05) is 29.0 Å². The Hall–Kier alpha value is -1.30. The molecule has 0 saturated carbocycles. The monoisotopic (exact) mass is 381 g/mol. The molecule has 2 aromatic heterocycles. The van der Waals surface area contributed by atoms with E-state index in [-0.39, 0.29) is 6.04 Å². The van der Waals surface area contributed by atoms with Gasteiger partial charge in [-0.15, -0.1) is 11.3 Å². The van der Waals surface area contributed by atoms with E-state index in [0.29, 0.717) is 5.02 Å². The lowest BCUT2D eigenvalue weighted by Crippen LogP contribution is -2.08. The molecule has 0 saturated heterocycles. The maximum atomic E-state index is 6.36. The van der Waals surface area contributed by atoms with Gasteiger partial charge in [0.2, 0.25) is 0 Å². The third kappa shape index (κ3) is 3.15. The Bertz CT molecular complexity index is 739. The fourth-order valence-corrected chi connectivity index (χ4v) is 3.85. The molecule has 3 aromatic rings. The molecule has 0 radical (unpaired) electrons. The number of para-hydroxylation sites is 1. The standard InChI is InChI=1S/C15H13BrClN3S/c1-10(13-5-6-14(16)21-13)19-12-4-2-3-11(17)15(12)20-8-7-18-9-20/h2-10,19H,1H3. The molecule has 3 rings (SSSR count). The van der Waals surface area contributed by atoms with Gasteiger partial charge in [-0.25, -0.2) is 4.98 Å². The quantitative estimate of drug-likeness (QED) is 0.643. The van der Waals surface area contributed by atoms with Gasteiger partial charge >= 0.3 is 0 Å². The Balaban J connectivity index is 1.94. The van der Waals surface area contributed by atoms with Crippen molar-refractivity contribution in [2.45, 2.75) is 13.0 Å². The van der Waals surface area contributed by atoms with E-state index in [4.69, 9.17) is 11.6 Å². The highest BCUT2D eigenvalue weighted by Gasteiger charge is 2.13. The number of hydrogen-bond donors (Lipinski definition) is 1. The Morgan fingerprint density at radius 2 is 2.19 bits per heavy atom. The predicted molar refractivity (Wildman–Crippen MR) is 92.6 cm³/mol. The summed E-state index contributed by atoms with van der Waals surface area (Å²) in [5, 5.41) is 4.22. The first-order valence-electron chi connectivity index (χ1n) is 6.44. The summed E-state index contributed by atoms with van der Waals surface area (Å²) < 4.78 is 3.05. The Morgan fingerprint density at radius 3 is 2.86 bits per heavy atom. The lowest BCUT2D eigenvalue weighted by molar-refractivity contribution is 0.901. The largest absolute Gasteiger partial charge is 0.376 e. The molecule has 0 amide bonds. The fourth-order valence-electron chi connectivity index (χ4n) is 2.15. The van der Waals surface area contributed by atoms with Crippen LogP contribution in [0.3, 0.4) is 0 Å². The Morgan fingerprint density at radius 1 is 1.33 bits per heavy atom. The van der Waals surface area contributed by atoms with Gasteiger partial charge in [-0.1, -0.05) is 17.7 Å². The van der Waals surface area contributed by atoms with Crippen molar-refractivity contribution in [2.24, 2.45) is 0 Å². The fraction of sp³-hybridized carbons (Fsp3) is 0.133. The van der Waals surface area contributed by atoms with Crippen LogP contribution in [-0.4, -0.2) is 9.55 Å². The van der Waals surface area contributed by atoms with Crippen LogP contribution in [0.4, 0.5) is 5.69 Å². The van der Waals surface area contributed by atoms with Crippen LogP contribution in [-0.2, 0) is 0 Å². The molecule has 6 heteroatoms. The van der Waals surface area contributed by atoms with E-state index in [0.717, 1.165) is 15.2 Å². The zero-order valence-corrected chi connectivity index (χ0v) is 14.4. The summed E-state index contributed by atoms with van der Waals surface area (Å²) in [5.41, 5.74) is 1.90. The molecule has 0 aliphatic carbocycles. The summed E-state index contributed by atoms with van der Waals surface area (Å²) in [6.07, 6.45) is 5.38. The third-order valence-corrected chi connectivity index (χ3v) is 5.25. The van der Waals surface area contributed by atoms with Crippen LogP contribution < -0.4 is 5.32 Å². The summed E-state index contributed by atoms with van der Waals surface area (Å²) in [5.74, 6) is 0. The molecule has 0 aliphatic rings. The second kappa shape index (κ2) is 6.22. The van der Waals surface area contributed by atoms with Crippen LogP contribution in [0.1, 0.15) is 17.8 Å². The molecule has 108 valence electrons. The maximum Gasteiger partial charge on any atom is 0.0992 e. The highest BCUT2D eigenvalue weighted by Crippen LogP contribution is 2.33. The molecule has 0 fully saturated rings. The minimum absolute atomic E-state index is 0.196. The van der Waals surface area contributed by atoms with Gasteiger partial charge in [0.15, 0.2) is 0 Å². The van der Waals surface area contributed by atoms with Gasteiger partial charge in [-0.05, 0) is 47.1 Å². The van der Waals surface area contributed by atoms with Crippen molar-refractivity contribution < 1.29 is 0 Å². The number of rotatable bonds is 4. The molecule has 0 aliphatic heterocycles. The number of anilines is 1. The van der Waals surface area contributed by atoms with Crippen molar-refractivity contribution in [1.82, 2.24) is 9.55 Å². The van der Waals surface area contributed by atoms with E-state index in [1.54, 1.807) is 23.9 Å². The second-order valence-electron chi connectivity index (χ2n) is 4.61. The first-order valence-corrected chi connectivity index (χ1v) is 8.42. The van der Waals surface area contributed by atoms with Crippen LogP contribution in [0, 0.1) is 0 Å². The number of halogens is 2. The second-order valence-corrected chi connectivity index (χ2v) is 7.52. The first-order chi connectivity index (χ1) is 10.1. The number of imidazole rings is 1. The molecule has 1 atom stereocenters. The van der Waals surface area contributed by atoms with E-state index < -0.39 is 0 Å². The van der Waals surface area contributed by atoms with Crippen molar-refractivity contribution in [3.05, 3.63) is 62.7 Å². The van der Waals surface area contributed by atoms with Gasteiger partial charge in [0.1, 0.15) is 0 Å². The number of benzene rings is 1. The van der Waals surface area contributed by atoms with E-state index in [9.17, 15) is 0 Å². The molecule has 0 spiro atoms. The topological polar surface area (TPSA) is 29.9 Å². The van der Waals surface area contributed by atoms with Gasteiger partial charge in [0.25, 0.3) is 0 Å². The van der Waals surface area contributed by atoms with Crippen LogP contribution in [0.25, 0.3) is 5.69 Å². The van der Waals surface area contributed by atoms with Crippen molar-refractivity contribution in [3.63, 3.8) is 0 Å². The number of aromatic nitrogens is 2. The predicted octanol–water partition coefficient (Wildman–Crippen LogP) is 5.52. The van der Waals surface area contributed by atoms with Gasteiger partial charge < -0.3 is 9.88 Å². The summed E-state index contributed by atoms with van der Waals surface area (Å²) in [6.45, 7) is 2.14. The van der Waals surface area contributed by atoms with Gasteiger partial charge in [0, 0.05) is 17.3 Å². The van der Waals surface area contributed by atoms with Gasteiger partial charge in [-0.2, -0.15) is 0 Å². The van der Waals surface area contributed by atoms with Crippen LogP contribution in [0.2, 0.25) is 5.02 Å². The average Bonchev–Trinajstić information content (AvgIpc) is 3.10. The first kappa shape index (κ1) is 14.6. The molecular weight excluding hydrogens is 370 g/mol. The maximum absolute atomic E-state index is 6.36. The normalized spacial score (nSPS) is 12.3. The Labute approximate surface area is 140 Å². The lowest BCUT2D eigenvalue weighted by Gasteiger charge is -2.18. The molecule has 1 unspecified atom stereocenters. The lowest BCUT2D eigenvalue weighted by atomic mass is 10.2. The highest BCUT2D eigenvalue weighted by atomic mass is 79.9. The van der Waals surface area contributed by atoms with Gasteiger partial charge in [0.05, 0.1) is 32.6 Å². The summed E-state index contributed by atoms with van der Waals surface area (Å²) in [6, 6.07) is 10.2.